The van der Waals surface area contributed by atoms with Crippen LogP contribution in [0.3, 0.4) is 0 Å². The lowest BCUT2D eigenvalue weighted by molar-refractivity contribution is -0.115. The van der Waals surface area contributed by atoms with Crippen LogP contribution in [0.4, 0.5) is 11.4 Å². The number of aromatic nitrogens is 3. The monoisotopic (exact) mass is 401 g/mol. The van der Waals surface area contributed by atoms with Crippen molar-refractivity contribution in [3.63, 3.8) is 0 Å². The lowest BCUT2D eigenvalue weighted by Gasteiger charge is -2.28. The quantitative estimate of drug-likeness (QED) is 0.719. The molecule has 1 amide bonds. The molecule has 1 saturated heterocycles. The molecule has 0 spiro atoms. The molecule has 2 heterocycles. The highest BCUT2D eigenvalue weighted by atomic mass is 32.2. The fourth-order valence-corrected chi connectivity index (χ4v) is 4.28. The average Bonchev–Trinajstić information content (AvgIpc) is 3.50. The van der Waals surface area contributed by atoms with E-state index in [1.54, 1.807) is 0 Å². The molecule has 1 atom stereocenters. The van der Waals surface area contributed by atoms with Gasteiger partial charge in [0.25, 0.3) is 0 Å². The molecular formula is C20H27N5O2S. The molecule has 2 fully saturated rings. The van der Waals surface area contributed by atoms with Crippen molar-refractivity contribution < 1.29 is 9.53 Å². The molecule has 1 saturated carbocycles. The van der Waals surface area contributed by atoms with Crippen molar-refractivity contribution in [1.29, 1.82) is 0 Å². The van der Waals surface area contributed by atoms with Crippen LogP contribution in [0.25, 0.3) is 0 Å². The summed E-state index contributed by atoms with van der Waals surface area (Å²) in [5.41, 5.74) is 1.97. The van der Waals surface area contributed by atoms with E-state index in [0.717, 1.165) is 55.2 Å². The predicted molar refractivity (Wildman–Crippen MR) is 111 cm³/mol. The molecule has 1 aliphatic heterocycles. The van der Waals surface area contributed by atoms with E-state index in [2.05, 4.69) is 31.9 Å². The second-order valence-electron chi connectivity index (χ2n) is 7.25. The van der Waals surface area contributed by atoms with Crippen LogP contribution in [-0.4, -0.2) is 52.2 Å². The topological polar surface area (TPSA) is 72.3 Å². The maximum Gasteiger partial charge on any atom is 0.237 e. The summed E-state index contributed by atoms with van der Waals surface area (Å²) >= 11 is 1.47. The molecule has 4 rings (SSSR count). The molecule has 7 nitrogen and oxygen atoms in total. The Kier molecular flexibility index (Phi) is 5.87. The summed E-state index contributed by atoms with van der Waals surface area (Å²) in [5.74, 6) is 1.59. The lowest BCUT2D eigenvalue weighted by Crippen LogP contribution is -2.36. The minimum atomic E-state index is -0.250. The van der Waals surface area contributed by atoms with E-state index in [1.165, 1.54) is 24.6 Å². The number of nitrogens with zero attached hydrogens (tertiary/aromatic N) is 4. The van der Waals surface area contributed by atoms with E-state index in [4.69, 9.17) is 4.74 Å². The number of hydrogen-bond donors (Lipinski definition) is 1. The van der Waals surface area contributed by atoms with Crippen molar-refractivity contribution >= 4 is 29.0 Å². The zero-order valence-electron chi connectivity index (χ0n) is 16.4. The summed E-state index contributed by atoms with van der Waals surface area (Å²) in [4.78, 5) is 14.9. The normalized spacial score (nSPS) is 18.1. The highest BCUT2D eigenvalue weighted by Crippen LogP contribution is 2.40. The molecular weight excluding hydrogens is 374 g/mol. The van der Waals surface area contributed by atoms with Crippen LogP contribution in [0, 0.1) is 0 Å². The molecule has 1 aromatic heterocycles. The van der Waals surface area contributed by atoms with Crippen molar-refractivity contribution in [2.75, 3.05) is 36.5 Å². The number of carbonyl (C=O) groups is 1. The van der Waals surface area contributed by atoms with Gasteiger partial charge in [0, 0.05) is 36.9 Å². The highest BCUT2D eigenvalue weighted by molar-refractivity contribution is 8.00. The first kappa shape index (κ1) is 19.3. The van der Waals surface area contributed by atoms with Crippen LogP contribution in [0.1, 0.15) is 38.4 Å². The largest absolute Gasteiger partial charge is 0.378 e. The maximum absolute atomic E-state index is 12.6. The van der Waals surface area contributed by atoms with Crippen LogP contribution >= 0.6 is 11.8 Å². The fourth-order valence-electron chi connectivity index (χ4n) is 3.36. The summed E-state index contributed by atoms with van der Waals surface area (Å²) < 4.78 is 7.54. The summed E-state index contributed by atoms with van der Waals surface area (Å²) in [7, 11) is 0. The first-order chi connectivity index (χ1) is 13.7. The standard InChI is InChI=1S/C20H27N5O2S/c1-3-25-18(15-4-5-15)22-23-20(25)28-14(2)19(26)21-16-6-8-17(9-7-16)24-10-12-27-13-11-24/h6-9,14-15H,3-5,10-13H2,1-2H3,(H,21,26)/t14-/m1/s1. The van der Waals surface area contributed by atoms with E-state index < -0.39 is 0 Å². The summed E-state index contributed by atoms with van der Waals surface area (Å²) in [6.07, 6.45) is 2.39. The van der Waals surface area contributed by atoms with Gasteiger partial charge in [0.15, 0.2) is 5.16 Å². The molecule has 1 N–H and O–H groups in total. The van der Waals surface area contributed by atoms with Gasteiger partial charge in [-0.3, -0.25) is 4.79 Å². The molecule has 0 unspecified atom stereocenters. The Morgan fingerprint density at radius 2 is 1.96 bits per heavy atom. The van der Waals surface area contributed by atoms with Gasteiger partial charge in [-0.2, -0.15) is 0 Å². The second-order valence-corrected chi connectivity index (χ2v) is 8.56. The Balaban J connectivity index is 1.35. The number of hydrogen-bond acceptors (Lipinski definition) is 6. The minimum Gasteiger partial charge on any atom is -0.378 e. The van der Waals surface area contributed by atoms with Gasteiger partial charge >= 0.3 is 0 Å². The molecule has 1 aromatic carbocycles. The molecule has 2 aromatic rings. The van der Waals surface area contributed by atoms with Crippen LogP contribution in [0.5, 0.6) is 0 Å². The fraction of sp³-hybridized carbons (Fsp3) is 0.550. The van der Waals surface area contributed by atoms with Crippen molar-refractivity contribution in [2.45, 2.75) is 49.6 Å². The molecule has 2 aliphatic rings. The molecule has 8 heteroatoms. The predicted octanol–water partition coefficient (Wildman–Crippen LogP) is 3.13. The highest BCUT2D eigenvalue weighted by Gasteiger charge is 2.30. The number of morpholine rings is 1. The van der Waals surface area contributed by atoms with Crippen LogP contribution in [-0.2, 0) is 16.1 Å². The summed E-state index contributed by atoms with van der Waals surface area (Å²) in [6.45, 7) is 8.17. The van der Waals surface area contributed by atoms with E-state index in [1.807, 2.05) is 31.2 Å². The van der Waals surface area contributed by atoms with Crippen molar-refractivity contribution in [1.82, 2.24) is 14.8 Å². The Morgan fingerprint density at radius 3 is 2.61 bits per heavy atom. The van der Waals surface area contributed by atoms with Gasteiger partial charge in [0.1, 0.15) is 5.82 Å². The maximum atomic E-state index is 12.6. The van der Waals surface area contributed by atoms with Gasteiger partial charge in [0.2, 0.25) is 5.91 Å². The number of amides is 1. The van der Waals surface area contributed by atoms with Crippen molar-refractivity contribution in [3.8, 4) is 0 Å². The Labute approximate surface area is 169 Å². The summed E-state index contributed by atoms with van der Waals surface area (Å²) in [5, 5.41) is 12.3. The van der Waals surface area contributed by atoms with Crippen molar-refractivity contribution in [2.24, 2.45) is 0 Å². The third kappa shape index (κ3) is 4.33. The third-order valence-electron chi connectivity index (χ3n) is 5.17. The van der Waals surface area contributed by atoms with Crippen LogP contribution in [0.15, 0.2) is 29.4 Å². The van der Waals surface area contributed by atoms with Gasteiger partial charge in [-0.25, -0.2) is 0 Å². The minimum absolute atomic E-state index is 0.0252. The molecule has 1 aliphatic carbocycles. The SMILES string of the molecule is CCn1c(S[C@H](C)C(=O)Nc2ccc(N3CCOCC3)cc2)nnc1C1CC1. The zero-order valence-corrected chi connectivity index (χ0v) is 17.2. The van der Waals surface area contributed by atoms with Gasteiger partial charge in [-0.05, 0) is 51.0 Å². The number of anilines is 2. The second kappa shape index (κ2) is 8.53. The van der Waals surface area contributed by atoms with E-state index >= 15 is 0 Å². The van der Waals surface area contributed by atoms with Gasteiger partial charge in [-0.1, -0.05) is 11.8 Å². The molecule has 0 bridgehead atoms. The zero-order chi connectivity index (χ0) is 19.5. The number of carbonyl (C=O) groups excluding carboxylic acids is 1. The first-order valence-corrected chi connectivity index (χ1v) is 10.9. The number of benzene rings is 1. The third-order valence-corrected chi connectivity index (χ3v) is 6.25. The molecule has 28 heavy (non-hydrogen) atoms. The van der Waals surface area contributed by atoms with E-state index in [-0.39, 0.29) is 11.2 Å². The van der Waals surface area contributed by atoms with Gasteiger partial charge in [-0.15, -0.1) is 10.2 Å². The smallest absolute Gasteiger partial charge is 0.237 e. The number of ether oxygens (including phenoxy) is 1. The van der Waals surface area contributed by atoms with Crippen LogP contribution in [0.2, 0.25) is 0 Å². The Bertz CT molecular complexity index is 813. The van der Waals surface area contributed by atoms with Gasteiger partial charge in [0.05, 0.1) is 18.5 Å². The number of rotatable bonds is 7. The molecule has 150 valence electrons. The van der Waals surface area contributed by atoms with Crippen LogP contribution < -0.4 is 10.2 Å². The van der Waals surface area contributed by atoms with E-state index in [0.29, 0.717) is 5.92 Å². The summed E-state index contributed by atoms with van der Waals surface area (Å²) in [6, 6.07) is 8.02. The lowest BCUT2D eigenvalue weighted by atomic mass is 10.2. The van der Waals surface area contributed by atoms with Crippen molar-refractivity contribution in [3.05, 3.63) is 30.1 Å². The first-order valence-electron chi connectivity index (χ1n) is 9.99. The number of nitrogens with one attached hydrogen (secondary N) is 1. The molecule has 0 radical (unpaired) electrons. The number of thioether (sulfide) groups is 1. The Hall–Kier alpha value is -2.06. The average molecular weight is 402 g/mol. The van der Waals surface area contributed by atoms with Gasteiger partial charge < -0.3 is 19.5 Å². The Morgan fingerprint density at radius 1 is 1.25 bits per heavy atom. The van der Waals surface area contributed by atoms with E-state index in [9.17, 15) is 4.79 Å².